The third-order valence-electron chi connectivity index (χ3n) is 5.68. The number of pyridine rings is 1. The van der Waals surface area contributed by atoms with E-state index in [0.717, 1.165) is 23.1 Å². The van der Waals surface area contributed by atoms with Crippen molar-refractivity contribution in [3.63, 3.8) is 0 Å². The topological polar surface area (TPSA) is 79.6 Å². The summed E-state index contributed by atoms with van der Waals surface area (Å²) in [5.74, 6) is -1.17. The Balaban J connectivity index is 1.38. The van der Waals surface area contributed by atoms with Crippen LogP contribution in [0.15, 0.2) is 42.6 Å². The second kappa shape index (κ2) is 6.50. The molecule has 1 aliphatic heterocycles. The Morgan fingerprint density at radius 2 is 2.03 bits per heavy atom. The van der Waals surface area contributed by atoms with Crippen LogP contribution in [-0.2, 0) is 16.4 Å². The molecular weight excluding hydrogens is 418 g/mol. The van der Waals surface area contributed by atoms with Crippen molar-refractivity contribution in [1.82, 2.24) is 19.5 Å². The highest BCUT2D eigenvalue weighted by atomic mass is 19.4. The Bertz CT molecular complexity index is 1190. The van der Waals surface area contributed by atoms with Gasteiger partial charge in [-0.25, -0.2) is 8.91 Å². The van der Waals surface area contributed by atoms with E-state index in [1.54, 1.807) is 24.4 Å². The minimum atomic E-state index is -4.60. The van der Waals surface area contributed by atoms with Crippen molar-refractivity contribution < 1.29 is 27.2 Å². The maximum Gasteiger partial charge on any atom is 0.416 e. The fraction of sp³-hybridized carbons (Fsp3) is 0.300. The lowest BCUT2D eigenvalue weighted by molar-refractivity contribution is -0.137. The van der Waals surface area contributed by atoms with Crippen molar-refractivity contribution in [2.24, 2.45) is 0 Å². The minimum absolute atomic E-state index is 0.000695. The van der Waals surface area contributed by atoms with Gasteiger partial charge in [-0.15, -0.1) is 5.10 Å². The van der Waals surface area contributed by atoms with Crippen LogP contribution in [0, 0.1) is 0 Å². The number of amides is 2. The molecule has 5 rings (SSSR count). The zero-order valence-electron chi connectivity index (χ0n) is 15.9. The molecule has 1 fully saturated rings. The van der Waals surface area contributed by atoms with Gasteiger partial charge in [-0.1, -0.05) is 6.07 Å². The van der Waals surface area contributed by atoms with Crippen LogP contribution in [0.3, 0.4) is 0 Å². The number of rotatable bonds is 3. The molecular formula is C20H15F4N5O2. The molecule has 2 amide bonds. The number of halogens is 4. The van der Waals surface area contributed by atoms with Crippen molar-refractivity contribution in [2.75, 3.05) is 18.4 Å². The first-order chi connectivity index (χ1) is 14.7. The summed E-state index contributed by atoms with van der Waals surface area (Å²) >= 11 is 0. The van der Waals surface area contributed by atoms with Crippen molar-refractivity contribution >= 4 is 23.4 Å². The van der Waals surface area contributed by atoms with E-state index in [-0.39, 0.29) is 30.0 Å². The minimum Gasteiger partial charge on any atom is -0.328 e. The predicted molar refractivity (Wildman–Crippen MR) is 100 cm³/mol. The van der Waals surface area contributed by atoms with Gasteiger partial charge in [0.05, 0.1) is 5.56 Å². The average Bonchev–Trinajstić information content (AvgIpc) is 3.16. The van der Waals surface area contributed by atoms with Gasteiger partial charge in [0, 0.05) is 23.7 Å². The average molecular weight is 433 g/mol. The molecule has 3 aromatic rings. The second-order valence-electron chi connectivity index (χ2n) is 7.73. The maximum atomic E-state index is 14.3. The number of aromatic nitrogens is 3. The molecule has 0 saturated heterocycles. The summed E-state index contributed by atoms with van der Waals surface area (Å²) in [4.78, 5) is 30.6. The number of benzene rings is 1. The van der Waals surface area contributed by atoms with Crippen LogP contribution in [0.1, 0.15) is 27.9 Å². The van der Waals surface area contributed by atoms with Crippen LogP contribution < -0.4 is 5.32 Å². The van der Waals surface area contributed by atoms with Crippen molar-refractivity contribution in [3.8, 4) is 0 Å². The smallest absolute Gasteiger partial charge is 0.328 e. The summed E-state index contributed by atoms with van der Waals surface area (Å²) in [6.07, 6.45) is -4.33. The summed E-state index contributed by atoms with van der Waals surface area (Å²) in [5.41, 5.74) is -1.59. The summed E-state index contributed by atoms with van der Waals surface area (Å²) in [6.45, 7) is -0.573. The van der Waals surface area contributed by atoms with Crippen molar-refractivity contribution in [2.45, 2.75) is 24.2 Å². The number of fused-ring (bicyclic) bond motifs is 3. The number of hydrogen-bond acceptors (Lipinski definition) is 4. The molecule has 2 aromatic heterocycles. The van der Waals surface area contributed by atoms with Crippen LogP contribution in [0.4, 0.5) is 23.5 Å². The van der Waals surface area contributed by atoms with E-state index in [2.05, 4.69) is 15.4 Å². The molecule has 7 nitrogen and oxygen atoms in total. The lowest BCUT2D eigenvalue weighted by Crippen LogP contribution is -2.47. The fourth-order valence-electron chi connectivity index (χ4n) is 4.04. The van der Waals surface area contributed by atoms with Crippen molar-refractivity contribution in [3.05, 3.63) is 59.3 Å². The summed E-state index contributed by atoms with van der Waals surface area (Å²) < 4.78 is 55.1. The van der Waals surface area contributed by atoms with E-state index >= 15 is 0 Å². The molecule has 160 valence electrons. The van der Waals surface area contributed by atoms with Crippen LogP contribution in [0.5, 0.6) is 0 Å². The molecule has 0 radical (unpaired) electrons. The van der Waals surface area contributed by atoms with E-state index in [1.807, 2.05) is 0 Å². The quantitative estimate of drug-likeness (QED) is 0.645. The number of carbonyl (C=O) groups excluding carboxylic acids is 2. The normalized spacial score (nSPS) is 22.6. The molecule has 0 unspecified atom stereocenters. The highest BCUT2D eigenvalue weighted by molar-refractivity contribution is 6.01. The zero-order valence-corrected chi connectivity index (χ0v) is 15.9. The molecule has 1 spiro atoms. The van der Waals surface area contributed by atoms with Gasteiger partial charge < -0.3 is 4.90 Å². The Hall–Kier alpha value is -3.50. The molecule has 3 heterocycles. The Kier molecular flexibility index (Phi) is 4.08. The number of nitrogens with zero attached hydrogens (tertiary/aromatic N) is 4. The summed E-state index contributed by atoms with van der Waals surface area (Å²) in [6, 6.07) is 7.90. The zero-order chi connectivity index (χ0) is 22.0. The van der Waals surface area contributed by atoms with Crippen LogP contribution in [0.25, 0.3) is 5.65 Å². The highest BCUT2D eigenvalue weighted by Gasteiger charge is 2.61. The third kappa shape index (κ3) is 3.20. The molecule has 2 atom stereocenters. The molecule has 2 aliphatic rings. The molecule has 0 bridgehead atoms. The lowest BCUT2D eigenvalue weighted by atomic mass is 9.85. The van der Waals surface area contributed by atoms with Gasteiger partial charge in [-0.2, -0.15) is 18.2 Å². The third-order valence-corrected chi connectivity index (χ3v) is 5.68. The number of nitrogens with one attached hydrogen (secondary N) is 1. The van der Waals surface area contributed by atoms with Gasteiger partial charge in [-0.3, -0.25) is 14.9 Å². The second-order valence-corrected chi connectivity index (χ2v) is 7.73. The van der Waals surface area contributed by atoms with Gasteiger partial charge >= 0.3 is 6.18 Å². The van der Waals surface area contributed by atoms with Gasteiger partial charge in [0.1, 0.15) is 12.7 Å². The molecule has 1 aromatic carbocycles. The maximum absolute atomic E-state index is 14.3. The molecule has 1 saturated carbocycles. The Morgan fingerprint density at radius 3 is 2.71 bits per heavy atom. The summed E-state index contributed by atoms with van der Waals surface area (Å²) in [7, 11) is 0. The van der Waals surface area contributed by atoms with Crippen molar-refractivity contribution in [1.29, 1.82) is 0 Å². The standard InChI is InChI=1S/C20H15F4N5O2/c21-14-8-19(14)10-28(17(31)12-5-4-11(7-13(12)19)20(22,23)24)9-16(30)26-18-25-15-3-1-2-6-29(15)27-18/h1-7,14H,8-10H2,(H,26,27,30)/t14-,19+/m0/s1. The van der Waals surface area contributed by atoms with Gasteiger partial charge in [-0.05, 0) is 42.3 Å². The first-order valence-electron chi connectivity index (χ1n) is 9.44. The predicted octanol–water partition coefficient (Wildman–Crippen LogP) is 2.82. The SMILES string of the molecule is O=C(CN1C[C@]2(C[C@@H]2F)c2cc(C(F)(F)F)ccc2C1=O)Nc1nc2ccccn2n1. The van der Waals surface area contributed by atoms with Gasteiger partial charge in [0.15, 0.2) is 5.65 Å². The van der Waals surface area contributed by atoms with E-state index in [4.69, 9.17) is 0 Å². The van der Waals surface area contributed by atoms with Crippen LogP contribution in [-0.4, -0.2) is 50.6 Å². The molecule has 1 aliphatic carbocycles. The molecule has 1 N–H and O–H groups in total. The monoisotopic (exact) mass is 433 g/mol. The van der Waals surface area contributed by atoms with Gasteiger partial charge in [0.25, 0.3) is 5.91 Å². The largest absolute Gasteiger partial charge is 0.416 e. The van der Waals surface area contributed by atoms with E-state index < -0.39 is 41.7 Å². The molecule has 11 heteroatoms. The van der Waals surface area contributed by atoms with Gasteiger partial charge in [0.2, 0.25) is 11.9 Å². The Morgan fingerprint density at radius 1 is 1.26 bits per heavy atom. The highest BCUT2D eigenvalue weighted by Crippen LogP contribution is 2.55. The Labute approximate surface area is 172 Å². The lowest BCUT2D eigenvalue weighted by Gasteiger charge is -2.34. The first kappa shape index (κ1) is 19.5. The number of carbonyl (C=O) groups is 2. The van der Waals surface area contributed by atoms with E-state index in [9.17, 15) is 27.2 Å². The number of hydrogen-bond donors (Lipinski definition) is 1. The number of alkyl halides is 4. The fourth-order valence-corrected chi connectivity index (χ4v) is 4.04. The van der Waals surface area contributed by atoms with Crippen LogP contribution >= 0.6 is 0 Å². The molecule has 31 heavy (non-hydrogen) atoms. The summed E-state index contributed by atoms with van der Waals surface area (Å²) in [5, 5.41) is 6.58. The van der Waals surface area contributed by atoms with E-state index in [0.29, 0.717) is 5.65 Å². The number of anilines is 1. The first-order valence-corrected chi connectivity index (χ1v) is 9.44. The van der Waals surface area contributed by atoms with Crippen LogP contribution in [0.2, 0.25) is 0 Å². The van der Waals surface area contributed by atoms with E-state index in [1.165, 1.54) is 4.52 Å².